The second-order valence-electron chi connectivity index (χ2n) is 2.99. The van der Waals surface area contributed by atoms with Crippen molar-refractivity contribution >= 4 is 22.4 Å². The molecule has 0 saturated carbocycles. The number of anilines is 2. The maximum absolute atomic E-state index is 8.74. The van der Waals surface area contributed by atoms with Crippen molar-refractivity contribution in [1.82, 2.24) is 4.98 Å². The summed E-state index contributed by atoms with van der Waals surface area (Å²) < 4.78 is 0. The van der Waals surface area contributed by atoms with Crippen LogP contribution in [0.4, 0.5) is 11.5 Å². The molecule has 0 unspecified atom stereocenters. The molecule has 0 fully saturated rings. The molecule has 1 aromatic heterocycles. The van der Waals surface area contributed by atoms with Crippen molar-refractivity contribution in [3.05, 3.63) is 29.8 Å². The topological polar surface area (TPSA) is 88.7 Å². The molecule has 0 aliphatic heterocycles. The van der Waals surface area contributed by atoms with Crippen molar-refractivity contribution in [2.24, 2.45) is 0 Å². The summed E-state index contributed by atoms with van der Waals surface area (Å²) in [6, 6.07) is 9.00. The highest BCUT2D eigenvalue weighted by Crippen LogP contribution is 2.19. The van der Waals surface area contributed by atoms with E-state index in [1.165, 1.54) is 0 Å². The minimum absolute atomic E-state index is 0.241. The van der Waals surface area contributed by atoms with Gasteiger partial charge in [-0.15, -0.1) is 0 Å². The lowest BCUT2D eigenvalue weighted by Gasteiger charge is -2.01. The van der Waals surface area contributed by atoms with Gasteiger partial charge in [-0.3, -0.25) is 0 Å². The third-order valence-electron chi connectivity index (χ3n) is 1.99. The summed E-state index contributed by atoms with van der Waals surface area (Å²) in [5.74, 6) is 0.241. The number of rotatable bonds is 0. The van der Waals surface area contributed by atoms with Crippen LogP contribution < -0.4 is 11.5 Å². The van der Waals surface area contributed by atoms with Gasteiger partial charge in [-0.1, -0.05) is 6.07 Å². The van der Waals surface area contributed by atoms with Crippen molar-refractivity contribution in [3.63, 3.8) is 0 Å². The molecule has 2 aromatic rings. The van der Waals surface area contributed by atoms with Crippen LogP contribution in [-0.2, 0) is 0 Å². The Kier molecular flexibility index (Phi) is 1.72. The molecule has 14 heavy (non-hydrogen) atoms. The Morgan fingerprint density at radius 3 is 2.71 bits per heavy atom. The molecule has 0 aliphatic rings. The molecule has 0 bridgehead atoms. The average molecular weight is 184 g/mol. The van der Waals surface area contributed by atoms with Gasteiger partial charge in [0.25, 0.3) is 0 Å². The van der Waals surface area contributed by atoms with Gasteiger partial charge in [0, 0.05) is 11.1 Å². The minimum Gasteiger partial charge on any atom is -0.399 e. The lowest BCUT2D eigenvalue weighted by molar-refractivity contribution is 1.38. The fraction of sp³-hybridized carbons (Fsp3) is 0. The van der Waals surface area contributed by atoms with Crippen molar-refractivity contribution < 1.29 is 0 Å². The maximum Gasteiger partial charge on any atom is 0.142 e. The molecule has 4 nitrogen and oxygen atoms in total. The number of nitrogens with two attached hydrogens (primary N) is 2. The van der Waals surface area contributed by atoms with Crippen LogP contribution in [0.3, 0.4) is 0 Å². The molecule has 2 rings (SSSR count). The lowest BCUT2D eigenvalue weighted by atomic mass is 10.1. The third-order valence-corrected chi connectivity index (χ3v) is 1.99. The summed E-state index contributed by atoms with van der Waals surface area (Å²) >= 11 is 0. The Hall–Kier alpha value is -2.28. The average Bonchev–Trinajstić information content (AvgIpc) is 2.16. The summed E-state index contributed by atoms with van der Waals surface area (Å²) in [7, 11) is 0. The molecule has 0 atom stereocenters. The van der Waals surface area contributed by atoms with Crippen LogP contribution in [0, 0.1) is 11.3 Å². The fourth-order valence-electron chi connectivity index (χ4n) is 1.29. The van der Waals surface area contributed by atoms with Gasteiger partial charge >= 0.3 is 0 Å². The molecule has 1 heterocycles. The fourth-order valence-corrected chi connectivity index (χ4v) is 1.29. The van der Waals surface area contributed by atoms with Gasteiger partial charge in [0.2, 0.25) is 0 Å². The zero-order valence-corrected chi connectivity index (χ0v) is 7.36. The number of hydrogen-bond acceptors (Lipinski definition) is 4. The van der Waals surface area contributed by atoms with E-state index in [2.05, 4.69) is 4.98 Å². The second-order valence-corrected chi connectivity index (χ2v) is 2.99. The smallest absolute Gasteiger partial charge is 0.142 e. The van der Waals surface area contributed by atoms with E-state index in [-0.39, 0.29) is 5.82 Å². The van der Waals surface area contributed by atoms with E-state index in [9.17, 15) is 0 Å². The number of pyridine rings is 1. The van der Waals surface area contributed by atoms with E-state index < -0.39 is 0 Å². The van der Waals surface area contributed by atoms with Gasteiger partial charge in [-0.25, -0.2) is 4.98 Å². The predicted octanol–water partition coefficient (Wildman–Crippen LogP) is 1.27. The highest BCUT2D eigenvalue weighted by atomic mass is 14.8. The lowest BCUT2D eigenvalue weighted by Crippen LogP contribution is -1.95. The van der Waals surface area contributed by atoms with E-state index in [1.807, 2.05) is 12.1 Å². The van der Waals surface area contributed by atoms with Crippen LogP contribution in [-0.4, -0.2) is 4.98 Å². The molecular weight excluding hydrogens is 176 g/mol. The Bertz CT molecular complexity index is 540. The molecular formula is C10H8N4. The summed E-state index contributed by atoms with van der Waals surface area (Å²) in [5, 5.41) is 9.60. The molecule has 0 radical (unpaired) electrons. The summed E-state index contributed by atoms with van der Waals surface area (Å²) in [6.45, 7) is 0. The third kappa shape index (κ3) is 1.21. The molecule has 1 aromatic carbocycles. The molecule has 0 amide bonds. The van der Waals surface area contributed by atoms with E-state index in [1.54, 1.807) is 18.2 Å². The van der Waals surface area contributed by atoms with Crippen LogP contribution in [0.2, 0.25) is 0 Å². The Labute approximate surface area is 80.8 Å². The van der Waals surface area contributed by atoms with Crippen molar-refractivity contribution in [1.29, 1.82) is 5.26 Å². The van der Waals surface area contributed by atoms with Crippen LogP contribution in [0.15, 0.2) is 24.3 Å². The maximum atomic E-state index is 8.74. The van der Waals surface area contributed by atoms with Crippen LogP contribution >= 0.6 is 0 Å². The summed E-state index contributed by atoms with van der Waals surface area (Å²) in [6.07, 6.45) is 0. The number of aromatic nitrogens is 1. The number of benzene rings is 1. The molecule has 68 valence electrons. The largest absolute Gasteiger partial charge is 0.399 e. The van der Waals surface area contributed by atoms with Gasteiger partial charge in [0.1, 0.15) is 11.9 Å². The van der Waals surface area contributed by atoms with Crippen molar-refractivity contribution in [2.45, 2.75) is 0 Å². The van der Waals surface area contributed by atoms with Gasteiger partial charge in [0.15, 0.2) is 0 Å². The van der Waals surface area contributed by atoms with E-state index in [0.717, 1.165) is 5.39 Å². The molecule has 0 aliphatic carbocycles. The van der Waals surface area contributed by atoms with Crippen molar-refractivity contribution in [2.75, 3.05) is 11.5 Å². The standard InChI is InChI=1S/C10H8N4/c11-5-7-3-6-1-2-8(12)4-9(6)14-10(7)13/h1-4H,12H2,(H2,13,14). The second kappa shape index (κ2) is 2.89. The minimum atomic E-state index is 0.241. The SMILES string of the molecule is N#Cc1cc2ccc(N)cc2nc1N. The number of fused-ring (bicyclic) bond motifs is 1. The zero-order valence-electron chi connectivity index (χ0n) is 7.36. The Morgan fingerprint density at radius 1 is 1.21 bits per heavy atom. The number of nitrogen functional groups attached to an aromatic ring is 2. The summed E-state index contributed by atoms with van der Waals surface area (Å²) in [4.78, 5) is 4.08. The van der Waals surface area contributed by atoms with Gasteiger partial charge in [0.05, 0.1) is 11.1 Å². The highest BCUT2D eigenvalue weighted by Gasteiger charge is 2.02. The first kappa shape index (κ1) is 8.32. The summed E-state index contributed by atoms with van der Waals surface area (Å²) in [5.41, 5.74) is 12.9. The van der Waals surface area contributed by atoms with Crippen molar-refractivity contribution in [3.8, 4) is 6.07 Å². The molecule has 4 N–H and O–H groups in total. The van der Waals surface area contributed by atoms with Crippen LogP contribution in [0.25, 0.3) is 10.9 Å². The van der Waals surface area contributed by atoms with E-state index in [4.69, 9.17) is 16.7 Å². The normalized spacial score (nSPS) is 9.93. The monoisotopic (exact) mass is 184 g/mol. The number of nitrogens with zero attached hydrogens (tertiary/aromatic N) is 2. The zero-order chi connectivity index (χ0) is 10.1. The first-order valence-corrected chi connectivity index (χ1v) is 4.06. The quantitative estimate of drug-likeness (QED) is 0.603. The number of nitriles is 1. The number of hydrogen-bond donors (Lipinski definition) is 2. The van der Waals surface area contributed by atoms with Crippen LogP contribution in [0.5, 0.6) is 0 Å². The Balaban J connectivity index is 2.81. The van der Waals surface area contributed by atoms with E-state index >= 15 is 0 Å². The molecule has 4 heteroatoms. The van der Waals surface area contributed by atoms with E-state index in [0.29, 0.717) is 16.8 Å². The van der Waals surface area contributed by atoms with Gasteiger partial charge < -0.3 is 11.5 Å². The highest BCUT2D eigenvalue weighted by molar-refractivity contribution is 5.84. The molecule has 0 spiro atoms. The predicted molar refractivity (Wildman–Crippen MR) is 55.3 cm³/mol. The van der Waals surface area contributed by atoms with Gasteiger partial charge in [-0.2, -0.15) is 5.26 Å². The van der Waals surface area contributed by atoms with Gasteiger partial charge in [-0.05, 0) is 18.2 Å². The molecule has 0 saturated heterocycles. The first-order valence-electron chi connectivity index (χ1n) is 4.06. The Morgan fingerprint density at radius 2 is 2.00 bits per heavy atom. The van der Waals surface area contributed by atoms with Crippen LogP contribution in [0.1, 0.15) is 5.56 Å². The first-order chi connectivity index (χ1) is 6.70.